The quantitative estimate of drug-likeness (QED) is 0.757. The Kier molecular flexibility index (Phi) is 5.91. The molecule has 6 heteroatoms. The maximum atomic E-state index is 13.0. The number of piperidine rings is 1. The second-order valence-corrected chi connectivity index (χ2v) is 12.6. The third-order valence-corrected chi connectivity index (χ3v) is 7.65. The number of carbonyl (C=O) groups is 1. The van der Waals surface area contributed by atoms with Gasteiger partial charge in [-0.3, -0.25) is 0 Å². The van der Waals surface area contributed by atoms with Crippen LogP contribution >= 0.6 is 0 Å². The van der Waals surface area contributed by atoms with E-state index >= 15 is 0 Å². The molecule has 0 unspecified atom stereocenters. The molecule has 2 atom stereocenters. The first-order valence-corrected chi connectivity index (χ1v) is 11.7. The molecule has 5 nitrogen and oxygen atoms in total. The van der Waals surface area contributed by atoms with Crippen LogP contribution in [0.25, 0.3) is 0 Å². The van der Waals surface area contributed by atoms with E-state index in [1.807, 2.05) is 46.4 Å². The molecule has 3 rings (SSSR count). The zero-order valence-corrected chi connectivity index (χ0v) is 19.7. The highest BCUT2D eigenvalue weighted by atomic mass is 32.2. The van der Waals surface area contributed by atoms with Crippen molar-refractivity contribution in [2.45, 2.75) is 84.1 Å². The van der Waals surface area contributed by atoms with Crippen molar-refractivity contribution >= 4 is 17.1 Å². The van der Waals surface area contributed by atoms with Crippen LogP contribution in [0, 0.1) is 12.3 Å². The van der Waals surface area contributed by atoms with Crippen LogP contribution in [-0.4, -0.2) is 38.6 Å². The first-order valence-electron chi connectivity index (χ1n) is 10.6. The van der Waals surface area contributed by atoms with Gasteiger partial charge in [-0.1, -0.05) is 18.2 Å². The molecule has 162 valence electrons. The Morgan fingerprint density at radius 2 is 1.79 bits per heavy atom. The van der Waals surface area contributed by atoms with Gasteiger partial charge in [0.1, 0.15) is 5.60 Å². The molecule has 1 aliphatic carbocycles. The Hall–Kier alpha value is -1.40. The summed E-state index contributed by atoms with van der Waals surface area (Å²) in [7, 11) is -1.15. The zero-order valence-electron chi connectivity index (χ0n) is 18.9. The first kappa shape index (κ1) is 22.3. The van der Waals surface area contributed by atoms with Crippen molar-refractivity contribution in [1.29, 1.82) is 0 Å². The molecule has 0 bridgehead atoms. The lowest BCUT2D eigenvalue weighted by molar-refractivity contribution is 0.00723. The van der Waals surface area contributed by atoms with Gasteiger partial charge in [0, 0.05) is 13.1 Å². The van der Waals surface area contributed by atoms with E-state index < -0.39 is 16.6 Å². The van der Waals surface area contributed by atoms with E-state index in [1.54, 1.807) is 0 Å². The predicted octanol–water partition coefficient (Wildman–Crippen LogP) is 4.66. The Labute approximate surface area is 178 Å². The number of likely N-dealkylation sites (tertiary alicyclic amines) is 1. The SMILES string of the molecule is Cc1cccc2c1CC1(CCN(C(=O)OC(C)(C)C)CC1)[C@H]2N[S@](=O)C(C)(C)C. The van der Waals surface area contributed by atoms with Gasteiger partial charge in [-0.05, 0) is 89.8 Å². The standard InChI is InChI=1S/C23H36N2O3S/c1-16-9-8-10-17-18(16)15-23(19(17)24-29(27)22(5,6)7)11-13-25(14-12-23)20(26)28-21(2,3)4/h8-10,19,24H,11-15H2,1-7H3/t19-,29+/m0/s1. The van der Waals surface area contributed by atoms with E-state index in [-0.39, 0.29) is 22.3 Å². The van der Waals surface area contributed by atoms with Crippen LogP contribution in [0.3, 0.4) is 0 Å². The van der Waals surface area contributed by atoms with E-state index in [0.717, 1.165) is 19.3 Å². The van der Waals surface area contributed by atoms with Crippen LogP contribution in [-0.2, 0) is 22.1 Å². The average Bonchev–Trinajstić information content (AvgIpc) is 2.88. The fraction of sp³-hybridized carbons (Fsp3) is 0.696. The lowest BCUT2D eigenvalue weighted by Crippen LogP contribution is -2.49. The molecule has 0 radical (unpaired) electrons. The summed E-state index contributed by atoms with van der Waals surface area (Å²) in [5, 5.41) is 0. The van der Waals surface area contributed by atoms with Gasteiger partial charge < -0.3 is 9.64 Å². The first-order chi connectivity index (χ1) is 13.3. The van der Waals surface area contributed by atoms with Gasteiger partial charge in [0.2, 0.25) is 0 Å². The summed E-state index contributed by atoms with van der Waals surface area (Å²) in [5.41, 5.74) is 3.44. The number of nitrogens with zero attached hydrogens (tertiary/aromatic N) is 1. The van der Waals surface area contributed by atoms with Crippen LogP contribution in [0.15, 0.2) is 18.2 Å². The van der Waals surface area contributed by atoms with Crippen molar-refractivity contribution in [3.05, 3.63) is 34.9 Å². The molecule has 1 aromatic carbocycles. The summed E-state index contributed by atoms with van der Waals surface area (Å²) in [5.74, 6) is 0. The summed E-state index contributed by atoms with van der Waals surface area (Å²) in [6.07, 6.45) is 2.48. The number of aryl methyl sites for hydroxylation is 1. The number of amides is 1. The van der Waals surface area contributed by atoms with E-state index in [9.17, 15) is 9.00 Å². The minimum absolute atomic E-state index is 0.0200. The van der Waals surface area contributed by atoms with E-state index in [1.165, 1.54) is 16.7 Å². The Balaban J connectivity index is 1.83. The highest BCUT2D eigenvalue weighted by Crippen LogP contribution is 2.53. The number of ether oxygens (including phenoxy) is 1. The molecule has 1 spiro atoms. The molecule has 29 heavy (non-hydrogen) atoms. The van der Waals surface area contributed by atoms with Crippen LogP contribution in [0.5, 0.6) is 0 Å². The number of fused-ring (bicyclic) bond motifs is 1. The lowest BCUT2D eigenvalue weighted by Gasteiger charge is -2.44. The summed E-state index contributed by atoms with van der Waals surface area (Å²) in [4.78, 5) is 14.3. The van der Waals surface area contributed by atoms with E-state index in [4.69, 9.17) is 4.74 Å². The fourth-order valence-corrected chi connectivity index (χ4v) is 5.36. The van der Waals surface area contributed by atoms with Crippen LogP contribution in [0.1, 0.15) is 77.1 Å². The molecular formula is C23H36N2O3S. The third-order valence-electron chi connectivity index (χ3n) is 6.09. The molecule has 1 saturated heterocycles. The molecule has 0 saturated carbocycles. The number of rotatable bonds is 2. The third kappa shape index (κ3) is 4.69. The fourth-order valence-electron chi connectivity index (χ4n) is 4.42. The minimum Gasteiger partial charge on any atom is -0.444 e. The Morgan fingerprint density at radius 3 is 2.34 bits per heavy atom. The molecule has 1 amide bonds. The summed E-state index contributed by atoms with van der Waals surface area (Å²) in [6.45, 7) is 15.2. The largest absolute Gasteiger partial charge is 0.444 e. The maximum absolute atomic E-state index is 13.0. The molecule has 1 fully saturated rings. The van der Waals surface area contributed by atoms with Crippen molar-refractivity contribution in [1.82, 2.24) is 9.62 Å². The second-order valence-electron chi connectivity index (χ2n) is 10.6. The summed E-state index contributed by atoms with van der Waals surface area (Å²) < 4.78 is 21.7. The Morgan fingerprint density at radius 1 is 1.17 bits per heavy atom. The molecule has 1 heterocycles. The van der Waals surface area contributed by atoms with Gasteiger partial charge in [-0.25, -0.2) is 13.7 Å². The Bertz CT molecular complexity index is 799. The van der Waals surface area contributed by atoms with Crippen molar-refractivity contribution < 1.29 is 13.7 Å². The van der Waals surface area contributed by atoms with Crippen molar-refractivity contribution in [2.75, 3.05) is 13.1 Å². The van der Waals surface area contributed by atoms with Crippen molar-refractivity contribution in [3.8, 4) is 0 Å². The number of nitrogens with one attached hydrogen (secondary N) is 1. The van der Waals surface area contributed by atoms with Crippen LogP contribution in [0.4, 0.5) is 4.79 Å². The lowest BCUT2D eigenvalue weighted by atomic mass is 9.73. The summed E-state index contributed by atoms with van der Waals surface area (Å²) in [6, 6.07) is 6.47. The topological polar surface area (TPSA) is 58.6 Å². The van der Waals surface area contributed by atoms with Crippen molar-refractivity contribution in [3.63, 3.8) is 0 Å². The minimum atomic E-state index is -1.15. The van der Waals surface area contributed by atoms with Gasteiger partial charge in [-0.15, -0.1) is 0 Å². The molecule has 1 aromatic rings. The van der Waals surface area contributed by atoms with Gasteiger partial charge >= 0.3 is 6.09 Å². The normalized spacial score (nSPS) is 22.4. The highest BCUT2D eigenvalue weighted by Gasteiger charge is 2.49. The van der Waals surface area contributed by atoms with Gasteiger partial charge in [0.25, 0.3) is 0 Å². The molecule has 1 N–H and O–H groups in total. The smallest absolute Gasteiger partial charge is 0.410 e. The van der Waals surface area contributed by atoms with Crippen molar-refractivity contribution in [2.24, 2.45) is 5.41 Å². The van der Waals surface area contributed by atoms with Gasteiger partial charge in [0.15, 0.2) is 0 Å². The number of hydrogen-bond acceptors (Lipinski definition) is 3. The summed E-state index contributed by atoms with van der Waals surface area (Å²) >= 11 is 0. The van der Waals surface area contributed by atoms with Crippen LogP contribution in [0.2, 0.25) is 0 Å². The average molecular weight is 421 g/mol. The molecule has 0 aromatic heterocycles. The predicted molar refractivity (Wildman–Crippen MR) is 118 cm³/mol. The second kappa shape index (κ2) is 7.69. The number of hydrogen-bond donors (Lipinski definition) is 1. The molecule has 2 aliphatic rings. The number of benzene rings is 1. The van der Waals surface area contributed by atoms with Gasteiger partial charge in [0.05, 0.1) is 21.8 Å². The molecular weight excluding hydrogens is 384 g/mol. The zero-order chi connectivity index (χ0) is 21.6. The highest BCUT2D eigenvalue weighted by molar-refractivity contribution is 7.84. The number of carbonyl (C=O) groups excluding carboxylic acids is 1. The molecule has 1 aliphatic heterocycles. The van der Waals surface area contributed by atoms with Crippen LogP contribution < -0.4 is 4.72 Å². The maximum Gasteiger partial charge on any atom is 0.410 e. The van der Waals surface area contributed by atoms with E-state index in [0.29, 0.717) is 13.1 Å². The van der Waals surface area contributed by atoms with Gasteiger partial charge in [-0.2, -0.15) is 0 Å². The van der Waals surface area contributed by atoms with E-state index in [2.05, 4.69) is 29.8 Å². The monoisotopic (exact) mass is 420 g/mol.